The van der Waals surface area contributed by atoms with Crippen molar-refractivity contribution in [1.82, 2.24) is 0 Å². The molecule has 0 atom stereocenters. The van der Waals surface area contributed by atoms with Gasteiger partial charge in [0.25, 0.3) is 0 Å². The van der Waals surface area contributed by atoms with Crippen LogP contribution in [0.25, 0.3) is 33.4 Å². The maximum atomic E-state index is 2.47. The van der Waals surface area contributed by atoms with E-state index in [0.29, 0.717) is 0 Å². The van der Waals surface area contributed by atoms with Crippen LogP contribution < -0.4 is 4.90 Å². The summed E-state index contributed by atoms with van der Waals surface area (Å²) in [4.78, 5) is 2.47. The first-order chi connectivity index (χ1) is 19.8. The van der Waals surface area contributed by atoms with Crippen LogP contribution in [0.1, 0.15) is 33.4 Å². The van der Waals surface area contributed by atoms with E-state index in [1.54, 1.807) is 0 Å². The smallest absolute Gasteiger partial charge is 0.0464 e. The Hall–Kier alpha value is -4.88. The molecule has 188 valence electrons. The maximum absolute atomic E-state index is 2.47. The van der Waals surface area contributed by atoms with E-state index in [4.69, 9.17) is 0 Å². The van der Waals surface area contributed by atoms with Crippen LogP contribution in [0.4, 0.5) is 17.1 Å². The molecule has 0 fully saturated rings. The van der Waals surface area contributed by atoms with E-state index in [2.05, 4.69) is 132 Å². The van der Waals surface area contributed by atoms with Gasteiger partial charge in [-0.25, -0.2) is 0 Å². The summed E-state index contributed by atoms with van der Waals surface area (Å²) in [5, 5.41) is 0. The van der Waals surface area contributed by atoms with Crippen molar-refractivity contribution in [2.24, 2.45) is 0 Å². The summed E-state index contributed by atoms with van der Waals surface area (Å²) >= 11 is 0. The molecule has 1 heteroatoms. The first kappa shape index (κ1) is 22.0. The third-order valence-electron chi connectivity index (χ3n) is 9.11. The zero-order valence-corrected chi connectivity index (χ0v) is 22.2. The SMILES string of the molecule is c1ccc2c(c1)Cc1cc(N(c3ccc4c(c3)Cc3ccccc3-4)c3ccc4c(c3)Cc3ccccc3-4)ccc1-2. The Morgan fingerprint density at radius 1 is 0.300 bits per heavy atom. The molecule has 3 aliphatic rings. The lowest BCUT2D eigenvalue weighted by Crippen LogP contribution is -2.11. The van der Waals surface area contributed by atoms with Crippen LogP contribution in [0.3, 0.4) is 0 Å². The van der Waals surface area contributed by atoms with Gasteiger partial charge in [0.2, 0.25) is 0 Å². The molecular formula is C39H27N. The fourth-order valence-electron chi connectivity index (χ4n) is 7.26. The van der Waals surface area contributed by atoms with Crippen LogP contribution >= 0.6 is 0 Å². The average molecular weight is 510 g/mol. The number of hydrogen-bond donors (Lipinski definition) is 0. The summed E-state index contributed by atoms with van der Waals surface area (Å²) in [7, 11) is 0. The average Bonchev–Trinajstić information content (AvgIpc) is 3.67. The summed E-state index contributed by atoms with van der Waals surface area (Å²) in [5.74, 6) is 0. The number of nitrogens with zero attached hydrogens (tertiary/aromatic N) is 1. The molecule has 0 N–H and O–H groups in total. The molecule has 0 unspecified atom stereocenters. The van der Waals surface area contributed by atoms with E-state index in [0.717, 1.165) is 19.3 Å². The van der Waals surface area contributed by atoms with Crippen molar-refractivity contribution < 1.29 is 0 Å². The summed E-state index contributed by atoms with van der Waals surface area (Å²) in [6.45, 7) is 0. The predicted molar refractivity (Wildman–Crippen MR) is 166 cm³/mol. The van der Waals surface area contributed by atoms with Gasteiger partial charge in [0.15, 0.2) is 0 Å². The van der Waals surface area contributed by atoms with Crippen molar-refractivity contribution in [3.05, 3.63) is 161 Å². The van der Waals surface area contributed by atoms with E-state index >= 15 is 0 Å². The molecule has 3 aliphatic carbocycles. The number of anilines is 3. The van der Waals surface area contributed by atoms with Crippen molar-refractivity contribution in [2.75, 3.05) is 4.90 Å². The van der Waals surface area contributed by atoms with Crippen LogP contribution in [0.2, 0.25) is 0 Å². The Labute approximate surface area is 235 Å². The molecule has 0 spiro atoms. The summed E-state index contributed by atoms with van der Waals surface area (Å²) in [5.41, 5.74) is 20.4. The zero-order valence-electron chi connectivity index (χ0n) is 22.2. The van der Waals surface area contributed by atoms with Gasteiger partial charge in [-0.1, -0.05) is 91.0 Å². The molecule has 0 saturated carbocycles. The van der Waals surface area contributed by atoms with Crippen molar-refractivity contribution in [3.63, 3.8) is 0 Å². The largest absolute Gasteiger partial charge is 0.310 e. The van der Waals surface area contributed by atoms with E-state index in [-0.39, 0.29) is 0 Å². The molecule has 0 bridgehead atoms. The van der Waals surface area contributed by atoms with E-state index in [1.165, 1.54) is 83.8 Å². The highest BCUT2D eigenvalue weighted by molar-refractivity contribution is 5.87. The van der Waals surface area contributed by atoms with Crippen molar-refractivity contribution in [1.29, 1.82) is 0 Å². The van der Waals surface area contributed by atoms with Gasteiger partial charge < -0.3 is 4.90 Å². The molecule has 0 amide bonds. The first-order valence-electron chi connectivity index (χ1n) is 14.2. The highest BCUT2D eigenvalue weighted by Gasteiger charge is 2.25. The molecule has 0 saturated heterocycles. The Morgan fingerprint density at radius 3 is 0.950 bits per heavy atom. The second-order valence-electron chi connectivity index (χ2n) is 11.4. The standard InChI is InChI=1S/C39H27N/c1-4-10-34-25(7-1)19-28-22-31(13-16-37(28)34)40(32-14-17-38-29(23-32)20-26-8-2-5-11-35(26)38)33-15-18-39-30(24-33)21-27-9-3-6-12-36(27)39/h1-18,22-24H,19-21H2. The maximum Gasteiger partial charge on any atom is 0.0464 e. The Kier molecular flexibility index (Phi) is 4.57. The van der Waals surface area contributed by atoms with Crippen LogP contribution in [0.15, 0.2) is 127 Å². The monoisotopic (exact) mass is 509 g/mol. The molecule has 0 aromatic heterocycles. The van der Waals surface area contributed by atoms with Gasteiger partial charge in [0.1, 0.15) is 0 Å². The third-order valence-corrected chi connectivity index (χ3v) is 9.11. The fraction of sp³-hybridized carbons (Fsp3) is 0.0769. The van der Waals surface area contributed by atoms with E-state index < -0.39 is 0 Å². The van der Waals surface area contributed by atoms with Crippen molar-refractivity contribution >= 4 is 17.1 Å². The van der Waals surface area contributed by atoms with E-state index in [9.17, 15) is 0 Å². The quantitative estimate of drug-likeness (QED) is 0.229. The Bertz CT molecular complexity index is 1760. The van der Waals surface area contributed by atoms with Gasteiger partial charge in [0, 0.05) is 17.1 Å². The van der Waals surface area contributed by atoms with Gasteiger partial charge >= 0.3 is 0 Å². The van der Waals surface area contributed by atoms with Crippen LogP contribution in [-0.2, 0) is 19.3 Å². The molecule has 6 aromatic rings. The highest BCUT2D eigenvalue weighted by atomic mass is 15.1. The third kappa shape index (κ3) is 3.21. The number of rotatable bonds is 3. The van der Waals surface area contributed by atoms with Gasteiger partial charge in [-0.3, -0.25) is 0 Å². The van der Waals surface area contributed by atoms with E-state index in [1.807, 2.05) is 0 Å². The molecule has 0 aliphatic heterocycles. The Morgan fingerprint density at radius 2 is 0.600 bits per heavy atom. The van der Waals surface area contributed by atoms with Gasteiger partial charge in [-0.15, -0.1) is 0 Å². The van der Waals surface area contributed by atoms with Crippen molar-refractivity contribution in [2.45, 2.75) is 19.3 Å². The molecule has 6 aromatic carbocycles. The molecule has 9 rings (SSSR count). The molecule has 1 nitrogen and oxygen atoms in total. The second kappa shape index (κ2) is 8.31. The number of hydrogen-bond acceptors (Lipinski definition) is 1. The van der Waals surface area contributed by atoms with Gasteiger partial charge in [-0.2, -0.15) is 0 Å². The Balaban J connectivity index is 1.19. The minimum Gasteiger partial charge on any atom is -0.310 e. The minimum absolute atomic E-state index is 0.992. The number of benzene rings is 6. The van der Waals surface area contributed by atoms with Gasteiger partial charge in [-0.05, 0) is 122 Å². The van der Waals surface area contributed by atoms with Crippen LogP contribution in [0.5, 0.6) is 0 Å². The lowest BCUT2D eigenvalue weighted by atomic mass is 10.0. The zero-order chi connectivity index (χ0) is 26.2. The highest BCUT2D eigenvalue weighted by Crippen LogP contribution is 2.46. The summed E-state index contributed by atoms with van der Waals surface area (Å²) < 4.78 is 0. The normalized spacial score (nSPS) is 13.2. The topological polar surface area (TPSA) is 3.24 Å². The van der Waals surface area contributed by atoms with Gasteiger partial charge in [0.05, 0.1) is 0 Å². The summed E-state index contributed by atoms with van der Waals surface area (Å²) in [6.07, 6.45) is 2.98. The second-order valence-corrected chi connectivity index (χ2v) is 11.4. The minimum atomic E-state index is 0.992. The lowest BCUT2D eigenvalue weighted by molar-refractivity contribution is 1.20. The lowest BCUT2D eigenvalue weighted by Gasteiger charge is -2.27. The molecule has 0 radical (unpaired) electrons. The first-order valence-corrected chi connectivity index (χ1v) is 14.2. The predicted octanol–water partition coefficient (Wildman–Crippen LogP) is 9.87. The fourth-order valence-corrected chi connectivity index (χ4v) is 7.26. The van der Waals surface area contributed by atoms with Crippen LogP contribution in [-0.4, -0.2) is 0 Å². The summed E-state index contributed by atoms with van der Waals surface area (Å²) in [6, 6.07) is 47.7. The van der Waals surface area contributed by atoms with Crippen LogP contribution in [0, 0.1) is 0 Å². The molecule has 0 heterocycles. The number of fused-ring (bicyclic) bond motifs is 9. The molecule has 40 heavy (non-hydrogen) atoms. The molecular weight excluding hydrogens is 482 g/mol. The van der Waals surface area contributed by atoms with Crippen molar-refractivity contribution in [3.8, 4) is 33.4 Å².